The van der Waals surface area contributed by atoms with Crippen LogP contribution in [0.3, 0.4) is 0 Å². The van der Waals surface area contributed by atoms with Crippen LogP contribution in [0.2, 0.25) is 5.02 Å². The van der Waals surface area contributed by atoms with Crippen LogP contribution in [0.25, 0.3) is 0 Å². The number of carbonyl (C=O) groups is 1. The summed E-state index contributed by atoms with van der Waals surface area (Å²) in [5, 5.41) is 6.18. The van der Waals surface area contributed by atoms with Crippen molar-refractivity contribution in [2.75, 3.05) is 10.6 Å². The summed E-state index contributed by atoms with van der Waals surface area (Å²) in [5.41, 5.74) is 1.27. The number of benzene rings is 2. The average Bonchev–Trinajstić information content (AvgIpc) is 2.55. The highest BCUT2D eigenvalue weighted by molar-refractivity contribution is 6.33. The molecule has 0 bridgehead atoms. The molecule has 1 amide bonds. The number of nitrogens with one attached hydrogen (secondary N) is 2. The lowest BCUT2D eigenvalue weighted by Crippen LogP contribution is -2.11. The van der Waals surface area contributed by atoms with Gasteiger partial charge in [-0.25, -0.2) is 0 Å². The van der Waals surface area contributed by atoms with Gasteiger partial charge < -0.3 is 10.6 Å². The molecule has 0 spiro atoms. The molecule has 2 aromatic carbocycles. The summed E-state index contributed by atoms with van der Waals surface area (Å²) in [6, 6.07) is 10.0. The van der Waals surface area contributed by atoms with Crippen LogP contribution in [-0.4, -0.2) is 5.91 Å². The van der Waals surface area contributed by atoms with E-state index < -0.39 is 11.7 Å². The second-order valence-corrected chi connectivity index (χ2v) is 5.95. The molecular formula is C18H18ClF3N2O. The maximum absolute atomic E-state index is 12.5. The van der Waals surface area contributed by atoms with Crippen molar-refractivity contribution in [2.45, 2.75) is 32.5 Å². The summed E-state index contributed by atoms with van der Waals surface area (Å²) in [4.78, 5) is 11.6. The van der Waals surface area contributed by atoms with Gasteiger partial charge >= 0.3 is 6.18 Å². The number of alkyl halides is 3. The predicted octanol–water partition coefficient (Wildman–Crippen LogP) is 5.71. The van der Waals surface area contributed by atoms with E-state index in [9.17, 15) is 18.0 Å². The van der Waals surface area contributed by atoms with Gasteiger partial charge in [0.15, 0.2) is 0 Å². The minimum atomic E-state index is -4.34. The molecule has 134 valence electrons. The van der Waals surface area contributed by atoms with E-state index in [4.69, 9.17) is 11.6 Å². The van der Waals surface area contributed by atoms with Crippen molar-refractivity contribution in [3.63, 3.8) is 0 Å². The summed E-state index contributed by atoms with van der Waals surface area (Å²) in [6.07, 6.45) is -3.17. The third-order valence-electron chi connectivity index (χ3n) is 3.49. The molecule has 0 saturated carbocycles. The van der Waals surface area contributed by atoms with Crippen molar-refractivity contribution < 1.29 is 18.0 Å². The number of anilines is 2. The molecule has 0 aliphatic rings. The Morgan fingerprint density at radius 2 is 1.80 bits per heavy atom. The number of hydrogen-bond acceptors (Lipinski definition) is 2. The Hall–Kier alpha value is -2.21. The lowest BCUT2D eigenvalue weighted by atomic mass is 10.1. The van der Waals surface area contributed by atoms with E-state index in [2.05, 4.69) is 10.6 Å². The first-order chi connectivity index (χ1) is 11.8. The molecule has 25 heavy (non-hydrogen) atoms. The SMILES string of the molecule is CCCC(=O)Nc1ccc(CNc2ccc(C(F)(F)F)cc2)cc1Cl. The number of amides is 1. The molecule has 0 aromatic heterocycles. The summed E-state index contributed by atoms with van der Waals surface area (Å²) < 4.78 is 37.6. The zero-order valence-corrected chi connectivity index (χ0v) is 14.3. The second kappa shape index (κ2) is 8.25. The average molecular weight is 371 g/mol. The van der Waals surface area contributed by atoms with Gasteiger partial charge in [-0.15, -0.1) is 0 Å². The van der Waals surface area contributed by atoms with Crippen molar-refractivity contribution in [1.82, 2.24) is 0 Å². The molecule has 2 N–H and O–H groups in total. The molecule has 0 saturated heterocycles. The third-order valence-corrected chi connectivity index (χ3v) is 3.81. The minimum Gasteiger partial charge on any atom is -0.381 e. The van der Waals surface area contributed by atoms with Crippen LogP contribution in [0.4, 0.5) is 24.5 Å². The van der Waals surface area contributed by atoms with Crippen molar-refractivity contribution in [2.24, 2.45) is 0 Å². The van der Waals surface area contributed by atoms with Crippen molar-refractivity contribution in [3.05, 3.63) is 58.6 Å². The summed E-state index contributed by atoms with van der Waals surface area (Å²) in [7, 11) is 0. The largest absolute Gasteiger partial charge is 0.416 e. The lowest BCUT2D eigenvalue weighted by molar-refractivity contribution is -0.137. The number of halogens is 4. The first kappa shape index (κ1) is 19.1. The maximum Gasteiger partial charge on any atom is 0.416 e. The van der Waals surface area contributed by atoms with E-state index >= 15 is 0 Å². The Labute approximate surface area is 149 Å². The molecule has 0 radical (unpaired) electrons. The second-order valence-electron chi connectivity index (χ2n) is 5.54. The molecule has 0 heterocycles. The van der Waals surface area contributed by atoms with E-state index in [0.717, 1.165) is 24.1 Å². The van der Waals surface area contributed by atoms with Crippen LogP contribution in [0.5, 0.6) is 0 Å². The molecule has 0 aliphatic carbocycles. The van der Waals surface area contributed by atoms with Crippen LogP contribution in [0.15, 0.2) is 42.5 Å². The molecule has 2 aromatic rings. The number of hydrogen-bond donors (Lipinski definition) is 2. The molecule has 3 nitrogen and oxygen atoms in total. The summed E-state index contributed by atoms with van der Waals surface area (Å²) in [5.74, 6) is -0.0972. The lowest BCUT2D eigenvalue weighted by Gasteiger charge is -2.11. The Morgan fingerprint density at radius 1 is 1.12 bits per heavy atom. The predicted molar refractivity (Wildman–Crippen MR) is 93.8 cm³/mol. The summed E-state index contributed by atoms with van der Waals surface area (Å²) >= 11 is 6.16. The van der Waals surface area contributed by atoms with E-state index in [1.807, 2.05) is 6.92 Å². The molecule has 7 heteroatoms. The summed E-state index contributed by atoms with van der Waals surface area (Å²) in [6.45, 7) is 2.31. The van der Waals surface area contributed by atoms with Gasteiger partial charge in [-0.05, 0) is 48.4 Å². The van der Waals surface area contributed by atoms with Crippen molar-refractivity contribution in [3.8, 4) is 0 Å². The molecule has 0 atom stereocenters. The Balaban J connectivity index is 1.97. The Morgan fingerprint density at radius 3 is 2.36 bits per heavy atom. The van der Waals surface area contributed by atoms with Crippen LogP contribution < -0.4 is 10.6 Å². The fraction of sp³-hybridized carbons (Fsp3) is 0.278. The monoisotopic (exact) mass is 370 g/mol. The number of rotatable bonds is 6. The quantitative estimate of drug-likeness (QED) is 0.683. The van der Waals surface area contributed by atoms with Gasteiger partial charge in [0.25, 0.3) is 0 Å². The zero-order valence-electron chi connectivity index (χ0n) is 13.6. The van der Waals surface area contributed by atoms with Gasteiger partial charge in [0.2, 0.25) is 5.91 Å². The van der Waals surface area contributed by atoms with Crippen LogP contribution in [0, 0.1) is 0 Å². The number of carbonyl (C=O) groups excluding carboxylic acids is 1. The highest BCUT2D eigenvalue weighted by Gasteiger charge is 2.29. The standard InChI is InChI=1S/C18H18ClF3N2O/c1-2-3-17(25)24-16-9-4-12(10-15(16)19)11-23-14-7-5-13(6-8-14)18(20,21)22/h4-10,23H,2-3,11H2,1H3,(H,24,25). The smallest absolute Gasteiger partial charge is 0.381 e. The first-order valence-electron chi connectivity index (χ1n) is 7.79. The van der Waals surface area contributed by atoms with E-state index in [0.29, 0.717) is 29.4 Å². The van der Waals surface area contributed by atoms with Gasteiger partial charge in [0.05, 0.1) is 16.3 Å². The maximum atomic E-state index is 12.5. The topological polar surface area (TPSA) is 41.1 Å². The fourth-order valence-corrected chi connectivity index (χ4v) is 2.44. The minimum absolute atomic E-state index is 0.0972. The van der Waals surface area contributed by atoms with Crippen LogP contribution in [-0.2, 0) is 17.5 Å². The molecule has 0 fully saturated rings. The van der Waals surface area contributed by atoms with Gasteiger partial charge in [-0.1, -0.05) is 24.6 Å². The van der Waals surface area contributed by atoms with Crippen LogP contribution in [0.1, 0.15) is 30.9 Å². The van der Waals surface area contributed by atoms with Gasteiger partial charge in [-0.3, -0.25) is 4.79 Å². The molecule has 0 aliphatic heterocycles. The Kier molecular flexibility index (Phi) is 6.31. The zero-order chi connectivity index (χ0) is 18.4. The Bertz CT molecular complexity index is 730. The molecule has 0 unspecified atom stereocenters. The highest BCUT2D eigenvalue weighted by Crippen LogP contribution is 2.30. The first-order valence-corrected chi connectivity index (χ1v) is 8.17. The van der Waals surface area contributed by atoms with E-state index in [1.54, 1.807) is 18.2 Å². The van der Waals surface area contributed by atoms with Crippen LogP contribution >= 0.6 is 11.6 Å². The normalized spacial score (nSPS) is 11.2. The van der Waals surface area contributed by atoms with Gasteiger partial charge in [0, 0.05) is 18.7 Å². The van der Waals surface area contributed by atoms with Crippen molar-refractivity contribution >= 4 is 28.9 Å². The van der Waals surface area contributed by atoms with Gasteiger partial charge in [-0.2, -0.15) is 13.2 Å². The fourth-order valence-electron chi connectivity index (χ4n) is 2.19. The molecule has 2 rings (SSSR count). The molecular weight excluding hydrogens is 353 g/mol. The van der Waals surface area contributed by atoms with Gasteiger partial charge in [0.1, 0.15) is 0 Å². The van der Waals surface area contributed by atoms with Crippen molar-refractivity contribution in [1.29, 1.82) is 0 Å². The van der Waals surface area contributed by atoms with E-state index in [-0.39, 0.29) is 5.91 Å². The van der Waals surface area contributed by atoms with E-state index in [1.165, 1.54) is 12.1 Å². The highest BCUT2D eigenvalue weighted by atomic mass is 35.5. The third kappa shape index (κ3) is 5.67.